The van der Waals surface area contributed by atoms with Gasteiger partial charge < -0.3 is 29.6 Å². The highest BCUT2D eigenvalue weighted by Gasteiger charge is 2.52. The lowest BCUT2D eigenvalue weighted by atomic mass is 10.1. The molecule has 0 aromatic rings. The molecule has 0 saturated carbocycles. The molecular formula is C23H34N2O8. The normalized spacial score (nSPS) is 24.8. The molecule has 0 aromatic carbocycles. The number of amides is 1. The van der Waals surface area contributed by atoms with Crippen molar-refractivity contribution in [1.29, 1.82) is 0 Å². The number of carbonyl (C=O) groups is 4. The molecule has 184 valence electrons. The molecule has 4 atom stereocenters. The molecule has 0 bridgehead atoms. The monoisotopic (exact) mass is 466 g/mol. The van der Waals surface area contributed by atoms with Crippen LogP contribution in [0.1, 0.15) is 48.0 Å². The van der Waals surface area contributed by atoms with Crippen molar-refractivity contribution >= 4 is 23.8 Å². The van der Waals surface area contributed by atoms with Crippen LogP contribution in [0, 0.1) is 17.8 Å². The summed E-state index contributed by atoms with van der Waals surface area (Å²) < 4.78 is 22.8. The van der Waals surface area contributed by atoms with Crippen LogP contribution in [-0.2, 0) is 38.1 Å². The lowest BCUT2D eigenvalue weighted by Crippen LogP contribution is -2.46. The number of allylic oxidation sites excluding steroid dienone is 1. The highest BCUT2D eigenvalue weighted by Crippen LogP contribution is 2.32. The van der Waals surface area contributed by atoms with Crippen molar-refractivity contribution in [2.24, 2.45) is 23.5 Å². The maximum Gasteiger partial charge on any atom is 0.308 e. The van der Waals surface area contributed by atoms with Gasteiger partial charge in [0.15, 0.2) is 18.4 Å². The van der Waals surface area contributed by atoms with Crippen LogP contribution in [-0.4, -0.2) is 59.9 Å². The summed E-state index contributed by atoms with van der Waals surface area (Å²) in [4.78, 5) is 50.2. The average Bonchev–Trinajstić information content (AvgIpc) is 3.08. The summed E-state index contributed by atoms with van der Waals surface area (Å²) in [5, 5.41) is 0. The predicted molar refractivity (Wildman–Crippen MR) is 117 cm³/mol. The lowest BCUT2D eigenvalue weighted by Gasteiger charge is -2.31. The smallest absolute Gasteiger partial charge is 0.308 e. The van der Waals surface area contributed by atoms with Gasteiger partial charge in [0.2, 0.25) is 5.91 Å². The van der Waals surface area contributed by atoms with Crippen LogP contribution >= 0.6 is 0 Å². The minimum atomic E-state index is -1.04. The first-order chi connectivity index (χ1) is 15.4. The van der Waals surface area contributed by atoms with E-state index in [9.17, 15) is 19.2 Å². The highest BCUT2D eigenvalue weighted by atomic mass is 16.7. The van der Waals surface area contributed by atoms with Crippen molar-refractivity contribution in [2.45, 2.75) is 72.5 Å². The van der Waals surface area contributed by atoms with E-state index in [4.69, 9.17) is 24.7 Å². The van der Waals surface area contributed by atoms with Crippen molar-refractivity contribution in [3.8, 4) is 0 Å². The Kier molecular flexibility index (Phi) is 9.04. The van der Waals surface area contributed by atoms with Gasteiger partial charge in [-0.2, -0.15) is 0 Å². The van der Waals surface area contributed by atoms with Crippen LogP contribution in [0.15, 0.2) is 24.0 Å². The van der Waals surface area contributed by atoms with Crippen molar-refractivity contribution in [2.75, 3.05) is 6.61 Å². The predicted octanol–water partition coefficient (Wildman–Crippen LogP) is 1.63. The molecule has 1 fully saturated rings. The van der Waals surface area contributed by atoms with Gasteiger partial charge in [-0.3, -0.25) is 19.2 Å². The van der Waals surface area contributed by atoms with Crippen LogP contribution in [0.5, 0.6) is 0 Å². The van der Waals surface area contributed by atoms with Crippen molar-refractivity contribution in [3.63, 3.8) is 0 Å². The Morgan fingerprint density at radius 1 is 0.970 bits per heavy atom. The number of primary amides is 1. The summed E-state index contributed by atoms with van der Waals surface area (Å²) >= 11 is 0. The molecule has 2 aliphatic heterocycles. The van der Waals surface area contributed by atoms with E-state index in [1.807, 2.05) is 0 Å². The number of nitrogens with zero attached hydrogens (tertiary/aromatic N) is 1. The van der Waals surface area contributed by atoms with Gasteiger partial charge in [-0.05, 0) is 6.42 Å². The first-order valence-corrected chi connectivity index (χ1v) is 11.1. The number of esters is 3. The van der Waals surface area contributed by atoms with Gasteiger partial charge in [-0.25, -0.2) is 0 Å². The summed E-state index contributed by atoms with van der Waals surface area (Å²) in [6.45, 7) is 9.88. The second-order valence-electron chi connectivity index (χ2n) is 9.02. The fourth-order valence-electron chi connectivity index (χ4n) is 3.12. The SMILES string of the molecule is CC(C)C(=O)OC[C@H]1OC(N2C=CCC(C(N)=O)=C2)[C@H](OC(=O)C(C)C)[C@@H]1OC(=O)C(C)C. The molecule has 2 rings (SSSR count). The molecule has 1 unspecified atom stereocenters. The molecule has 10 heteroatoms. The molecule has 10 nitrogen and oxygen atoms in total. The molecule has 2 N–H and O–H groups in total. The summed E-state index contributed by atoms with van der Waals surface area (Å²) in [7, 11) is 0. The number of rotatable bonds is 9. The van der Waals surface area contributed by atoms with Gasteiger partial charge in [0.25, 0.3) is 0 Å². The van der Waals surface area contributed by atoms with Gasteiger partial charge in [-0.15, -0.1) is 0 Å². The summed E-state index contributed by atoms with van der Waals surface area (Å²) in [5.41, 5.74) is 5.76. The van der Waals surface area contributed by atoms with E-state index < -0.39 is 60.2 Å². The van der Waals surface area contributed by atoms with E-state index in [-0.39, 0.29) is 12.5 Å². The quantitative estimate of drug-likeness (QED) is 0.397. The molecule has 33 heavy (non-hydrogen) atoms. The third kappa shape index (κ3) is 6.80. The molecule has 0 aliphatic carbocycles. The maximum atomic E-state index is 12.5. The zero-order valence-corrected chi connectivity index (χ0v) is 20.0. The first-order valence-electron chi connectivity index (χ1n) is 11.1. The van der Waals surface area contributed by atoms with Crippen LogP contribution in [0.4, 0.5) is 0 Å². The molecule has 1 saturated heterocycles. The summed E-state index contributed by atoms with van der Waals surface area (Å²) in [6, 6.07) is 0. The standard InChI is InChI=1S/C23H34N2O8/c1-12(2)21(27)30-11-16-17(32-22(28)13(3)4)18(33-23(29)14(5)6)20(31-16)25-9-7-8-15(10-25)19(24)26/h7,9-10,12-14,16-18,20H,8,11H2,1-6H3,(H2,24,26)/t16-,17-,18-,20?/m1/s1. The Hall–Kier alpha value is -2.88. The third-order valence-corrected chi connectivity index (χ3v) is 5.12. The van der Waals surface area contributed by atoms with E-state index in [0.29, 0.717) is 12.0 Å². The molecule has 2 aliphatic rings. The lowest BCUT2D eigenvalue weighted by molar-refractivity contribution is -0.173. The fraction of sp³-hybridized carbons (Fsp3) is 0.652. The van der Waals surface area contributed by atoms with Gasteiger partial charge in [-0.1, -0.05) is 47.6 Å². The van der Waals surface area contributed by atoms with Crippen LogP contribution < -0.4 is 5.73 Å². The Balaban J connectivity index is 2.40. The minimum absolute atomic E-state index is 0.205. The van der Waals surface area contributed by atoms with E-state index in [2.05, 4.69) is 0 Å². The second kappa shape index (κ2) is 11.3. The Labute approximate surface area is 194 Å². The van der Waals surface area contributed by atoms with Crippen molar-refractivity contribution in [1.82, 2.24) is 4.90 Å². The fourth-order valence-corrected chi connectivity index (χ4v) is 3.12. The number of hydrogen-bond acceptors (Lipinski definition) is 9. The van der Waals surface area contributed by atoms with E-state index in [0.717, 1.165) is 0 Å². The van der Waals surface area contributed by atoms with Gasteiger partial charge >= 0.3 is 17.9 Å². The van der Waals surface area contributed by atoms with Crippen LogP contribution in [0.3, 0.4) is 0 Å². The largest absolute Gasteiger partial charge is 0.463 e. The number of nitrogens with two attached hydrogens (primary N) is 1. The van der Waals surface area contributed by atoms with E-state index in [1.54, 1.807) is 58.7 Å². The molecule has 0 spiro atoms. The molecule has 2 heterocycles. The molecule has 1 amide bonds. The number of hydrogen-bond donors (Lipinski definition) is 1. The highest BCUT2D eigenvalue weighted by molar-refractivity contribution is 5.92. The summed E-state index contributed by atoms with van der Waals surface area (Å²) in [6.07, 6.45) is 1.32. The number of carbonyl (C=O) groups excluding carboxylic acids is 4. The average molecular weight is 467 g/mol. The zero-order valence-electron chi connectivity index (χ0n) is 20.0. The Morgan fingerprint density at radius 3 is 2.03 bits per heavy atom. The topological polar surface area (TPSA) is 134 Å². The van der Waals surface area contributed by atoms with Gasteiger partial charge in [0.1, 0.15) is 12.7 Å². The minimum Gasteiger partial charge on any atom is -0.463 e. The van der Waals surface area contributed by atoms with Crippen molar-refractivity contribution < 1.29 is 38.1 Å². The Morgan fingerprint density at radius 2 is 1.52 bits per heavy atom. The number of ether oxygens (including phenoxy) is 4. The Bertz CT molecular complexity index is 817. The molecule has 0 radical (unpaired) electrons. The third-order valence-electron chi connectivity index (χ3n) is 5.12. The van der Waals surface area contributed by atoms with Gasteiger partial charge in [0, 0.05) is 18.0 Å². The van der Waals surface area contributed by atoms with Crippen LogP contribution in [0.2, 0.25) is 0 Å². The first kappa shape index (κ1) is 26.4. The van der Waals surface area contributed by atoms with Gasteiger partial charge in [0.05, 0.1) is 17.8 Å². The van der Waals surface area contributed by atoms with E-state index in [1.165, 1.54) is 6.20 Å². The second-order valence-corrected chi connectivity index (χ2v) is 9.02. The van der Waals surface area contributed by atoms with Crippen LogP contribution in [0.25, 0.3) is 0 Å². The molecule has 0 aromatic heterocycles. The summed E-state index contributed by atoms with van der Waals surface area (Å²) in [5.74, 6) is -3.32. The van der Waals surface area contributed by atoms with Crippen molar-refractivity contribution in [3.05, 3.63) is 24.0 Å². The maximum absolute atomic E-state index is 12.5. The van der Waals surface area contributed by atoms with E-state index >= 15 is 0 Å². The molecular weight excluding hydrogens is 432 g/mol. The zero-order chi connectivity index (χ0) is 24.9.